The van der Waals surface area contributed by atoms with Crippen molar-refractivity contribution in [2.75, 3.05) is 6.54 Å². The van der Waals surface area contributed by atoms with Gasteiger partial charge in [0.1, 0.15) is 12.4 Å². The molecule has 0 heterocycles. The molecule has 4 nitrogen and oxygen atoms in total. The van der Waals surface area contributed by atoms with Crippen LogP contribution in [0.1, 0.15) is 36.5 Å². The maximum atomic E-state index is 11.7. The minimum atomic E-state index is 0. The third kappa shape index (κ3) is 7.89. The zero-order chi connectivity index (χ0) is 18.1. The smallest absolute Gasteiger partial charge is 0.220 e. The first kappa shape index (κ1) is 22.0. The van der Waals surface area contributed by atoms with Crippen molar-refractivity contribution in [2.45, 2.75) is 45.8 Å². The van der Waals surface area contributed by atoms with Gasteiger partial charge in [0.05, 0.1) is 0 Å². The van der Waals surface area contributed by atoms with Crippen LogP contribution in [0.25, 0.3) is 0 Å². The molecule has 142 valence electrons. The Morgan fingerprint density at radius 3 is 2.31 bits per heavy atom. The van der Waals surface area contributed by atoms with Crippen LogP contribution in [0, 0.1) is 6.92 Å². The summed E-state index contributed by atoms with van der Waals surface area (Å²) in [5, 5.41) is 3.00. The third-order valence-electron chi connectivity index (χ3n) is 4.01. The molecule has 26 heavy (non-hydrogen) atoms. The summed E-state index contributed by atoms with van der Waals surface area (Å²) >= 11 is 0. The van der Waals surface area contributed by atoms with Crippen LogP contribution in [0.15, 0.2) is 48.5 Å². The first-order chi connectivity index (χ1) is 12.1. The Labute approximate surface area is 162 Å². The second-order valence-electron chi connectivity index (χ2n) is 6.48. The first-order valence-corrected chi connectivity index (χ1v) is 8.83. The standard InChI is InChI=1S/C21H28N2O2.ClH/c1-16-5-7-19(8-6-16)15-25-20-11-9-18(10-12-20)14-17(2)23-21(24)4-3-13-22;/h5-12,17H,3-4,13-15,22H2,1-2H3,(H,23,24);1H. The molecule has 0 radical (unpaired) electrons. The Bertz CT molecular complexity index is 657. The summed E-state index contributed by atoms with van der Waals surface area (Å²) in [6.45, 7) is 5.20. The normalized spacial score (nSPS) is 11.3. The minimum absolute atomic E-state index is 0. The van der Waals surface area contributed by atoms with E-state index in [9.17, 15) is 4.79 Å². The number of amides is 1. The zero-order valence-corrected chi connectivity index (χ0v) is 16.4. The van der Waals surface area contributed by atoms with Crippen LogP contribution in [0.3, 0.4) is 0 Å². The lowest BCUT2D eigenvalue weighted by molar-refractivity contribution is -0.121. The quantitative estimate of drug-likeness (QED) is 0.699. The molecule has 0 spiro atoms. The molecular weight excluding hydrogens is 348 g/mol. The monoisotopic (exact) mass is 376 g/mol. The van der Waals surface area contributed by atoms with Crippen molar-refractivity contribution in [3.8, 4) is 5.75 Å². The van der Waals surface area contributed by atoms with Gasteiger partial charge in [-0.2, -0.15) is 0 Å². The number of hydrogen-bond acceptors (Lipinski definition) is 3. The molecule has 0 fully saturated rings. The number of rotatable bonds is 9. The van der Waals surface area contributed by atoms with E-state index in [4.69, 9.17) is 10.5 Å². The second kappa shape index (κ2) is 11.6. The van der Waals surface area contributed by atoms with Crippen molar-refractivity contribution in [1.82, 2.24) is 5.32 Å². The lowest BCUT2D eigenvalue weighted by Gasteiger charge is -2.14. The van der Waals surface area contributed by atoms with Gasteiger partial charge in [-0.3, -0.25) is 4.79 Å². The van der Waals surface area contributed by atoms with Crippen LogP contribution < -0.4 is 15.8 Å². The molecule has 1 unspecified atom stereocenters. The van der Waals surface area contributed by atoms with E-state index in [1.165, 1.54) is 11.1 Å². The number of hydrogen-bond donors (Lipinski definition) is 2. The van der Waals surface area contributed by atoms with Crippen LogP contribution in [-0.2, 0) is 17.8 Å². The Kier molecular flexibility index (Phi) is 9.78. The highest BCUT2D eigenvalue weighted by Crippen LogP contribution is 2.15. The van der Waals surface area contributed by atoms with Gasteiger partial charge in [-0.05, 0) is 56.5 Å². The molecule has 2 aromatic rings. The first-order valence-electron chi connectivity index (χ1n) is 8.83. The number of nitrogens with one attached hydrogen (secondary N) is 1. The van der Waals surface area contributed by atoms with Gasteiger partial charge in [0, 0.05) is 12.5 Å². The maximum Gasteiger partial charge on any atom is 0.220 e. The number of ether oxygens (including phenoxy) is 1. The molecule has 0 aliphatic carbocycles. The highest BCUT2D eigenvalue weighted by atomic mass is 35.5. The van der Waals surface area contributed by atoms with E-state index in [0.29, 0.717) is 19.6 Å². The van der Waals surface area contributed by atoms with Gasteiger partial charge in [-0.25, -0.2) is 0 Å². The highest BCUT2D eigenvalue weighted by Gasteiger charge is 2.08. The van der Waals surface area contributed by atoms with E-state index in [-0.39, 0.29) is 24.4 Å². The summed E-state index contributed by atoms with van der Waals surface area (Å²) in [6.07, 6.45) is 2.02. The van der Waals surface area contributed by atoms with Gasteiger partial charge in [0.25, 0.3) is 0 Å². The topological polar surface area (TPSA) is 64.3 Å². The fraction of sp³-hybridized carbons (Fsp3) is 0.381. The van der Waals surface area contributed by atoms with Crippen molar-refractivity contribution in [2.24, 2.45) is 5.73 Å². The van der Waals surface area contributed by atoms with Crippen molar-refractivity contribution in [1.29, 1.82) is 0 Å². The summed E-state index contributed by atoms with van der Waals surface area (Å²) in [6, 6.07) is 16.5. The summed E-state index contributed by atoms with van der Waals surface area (Å²) < 4.78 is 5.82. The van der Waals surface area contributed by atoms with Crippen molar-refractivity contribution in [3.63, 3.8) is 0 Å². The number of benzene rings is 2. The van der Waals surface area contributed by atoms with E-state index in [2.05, 4.69) is 36.5 Å². The summed E-state index contributed by atoms with van der Waals surface area (Å²) in [7, 11) is 0. The minimum Gasteiger partial charge on any atom is -0.489 e. The molecule has 0 aliphatic heterocycles. The van der Waals surface area contributed by atoms with E-state index in [1.54, 1.807) is 0 Å². The van der Waals surface area contributed by atoms with Gasteiger partial charge in [-0.1, -0.05) is 42.0 Å². The van der Waals surface area contributed by atoms with Crippen molar-refractivity contribution < 1.29 is 9.53 Å². The number of carbonyl (C=O) groups is 1. The molecule has 1 atom stereocenters. The maximum absolute atomic E-state index is 11.7. The van der Waals surface area contributed by atoms with Gasteiger partial charge in [0.15, 0.2) is 0 Å². The van der Waals surface area contributed by atoms with E-state index in [1.807, 2.05) is 31.2 Å². The average molecular weight is 377 g/mol. The van der Waals surface area contributed by atoms with Crippen LogP contribution >= 0.6 is 12.4 Å². The van der Waals surface area contributed by atoms with Crippen molar-refractivity contribution in [3.05, 3.63) is 65.2 Å². The Morgan fingerprint density at radius 1 is 1.08 bits per heavy atom. The molecule has 1 amide bonds. The molecule has 0 aromatic heterocycles. The van der Waals surface area contributed by atoms with Crippen LogP contribution in [0.5, 0.6) is 5.75 Å². The lowest BCUT2D eigenvalue weighted by Crippen LogP contribution is -2.34. The van der Waals surface area contributed by atoms with Gasteiger partial charge >= 0.3 is 0 Å². The molecule has 0 saturated heterocycles. The summed E-state index contributed by atoms with van der Waals surface area (Å²) in [4.78, 5) is 11.7. The largest absolute Gasteiger partial charge is 0.489 e. The van der Waals surface area contributed by atoms with Crippen LogP contribution in [0.2, 0.25) is 0 Å². The van der Waals surface area contributed by atoms with E-state index >= 15 is 0 Å². The van der Waals surface area contributed by atoms with E-state index < -0.39 is 0 Å². The molecule has 3 N–H and O–H groups in total. The third-order valence-corrected chi connectivity index (χ3v) is 4.01. The highest BCUT2D eigenvalue weighted by molar-refractivity contribution is 5.85. The number of nitrogens with two attached hydrogens (primary N) is 1. The molecule has 2 rings (SSSR count). The molecule has 0 bridgehead atoms. The van der Waals surface area contributed by atoms with Crippen LogP contribution in [0.4, 0.5) is 0 Å². The second-order valence-corrected chi connectivity index (χ2v) is 6.48. The van der Waals surface area contributed by atoms with Gasteiger partial charge in [0.2, 0.25) is 5.91 Å². The predicted octanol–water partition coefficient (Wildman–Crippen LogP) is 3.78. The summed E-state index contributed by atoms with van der Waals surface area (Å²) in [5.74, 6) is 0.917. The summed E-state index contributed by atoms with van der Waals surface area (Å²) in [5.41, 5.74) is 9.00. The fourth-order valence-electron chi connectivity index (χ4n) is 2.59. The van der Waals surface area contributed by atoms with Crippen LogP contribution in [-0.4, -0.2) is 18.5 Å². The van der Waals surface area contributed by atoms with E-state index in [0.717, 1.165) is 24.2 Å². The van der Waals surface area contributed by atoms with Gasteiger partial charge in [-0.15, -0.1) is 12.4 Å². The van der Waals surface area contributed by atoms with Gasteiger partial charge < -0.3 is 15.8 Å². The van der Waals surface area contributed by atoms with Crippen molar-refractivity contribution >= 4 is 18.3 Å². The molecule has 5 heteroatoms. The zero-order valence-electron chi connectivity index (χ0n) is 15.5. The number of aryl methyl sites for hydroxylation is 1. The average Bonchev–Trinajstić information content (AvgIpc) is 2.60. The number of halogens is 1. The Morgan fingerprint density at radius 2 is 1.69 bits per heavy atom. The predicted molar refractivity (Wildman–Crippen MR) is 109 cm³/mol. The Hall–Kier alpha value is -2.04. The molecular formula is C21H29ClN2O2. The lowest BCUT2D eigenvalue weighted by atomic mass is 10.1. The number of carbonyl (C=O) groups excluding carboxylic acids is 1. The molecule has 0 aliphatic rings. The Balaban J connectivity index is 0.00000338. The SMILES string of the molecule is Cc1ccc(COc2ccc(CC(C)NC(=O)CCCN)cc2)cc1.Cl. The fourth-order valence-corrected chi connectivity index (χ4v) is 2.59. The molecule has 0 saturated carbocycles. The molecule has 2 aromatic carbocycles.